The number of aromatic amines is 1. The lowest BCUT2D eigenvalue weighted by Crippen LogP contribution is -2.54. The fourth-order valence-electron chi connectivity index (χ4n) is 5.88. The topological polar surface area (TPSA) is 95.1 Å². The van der Waals surface area contributed by atoms with E-state index in [1.165, 1.54) is 16.1 Å². The Kier molecular flexibility index (Phi) is 6.29. The lowest BCUT2D eigenvalue weighted by atomic mass is 9.69. The quantitative estimate of drug-likeness (QED) is 0.542. The highest BCUT2D eigenvalue weighted by Crippen LogP contribution is 2.49. The maximum atomic E-state index is 12.8. The maximum absolute atomic E-state index is 12.8. The van der Waals surface area contributed by atoms with Crippen LogP contribution in [0.4, 0.5) is 0 Å². The first-order valence-corrected chi connectivity index (χ1v) is 13.8. The standard InChI is InChI=1S/C26H33N3O5S/c1-33-19-6-4-5-18(13-19)15-28-11-9-26(10-12-28)17-29(35(3,31)32)23(16-30)25-24(26)21-8-7-20(34-2)14-22(21)27-25/h4-8,13-14,23,27,30H,9-12,15-17H2,1-3H3/t23-/m0/s1. The zero-order valence-corrected chi connectivity index (χ0v) is 21.3. The van der Waals surface area contributed by atoms with Crippen LogP contribution in [0.5, 0.6) is 11.5 Å². The van der Waals surface area contributed by atoms with E-state index in [1.807, 2.05) is 24.3 Å². The summed E-state index contributed by atoms with van der Waals surface area (Å²) in [6.45, 7) is 2.61. The Hall–Kier alpha value is -2.59. The number of hydrogen-bond acceptors (Lipinski definition) is 6. The van der Waals surface area contributed by atoms with E-state index in [9.17, 15) is 13.5 Å². The Morgan fingerprint density at radius 1 is 1.09 bits per heavy atom. The lowest BCUT2D eigenvalue weighted by Gasteiger charge is -2.49. The first kappa shape index (κ1) is 24.1. The van der Waals surface area contributed by atoms with Gasteiger partial charge in [-0.1, -0.05) is 12.1 Å². The molecule has 1 atom stereocenters. The number of methoxy groups -OCH3 is 2. The Bertz CT molecular complexity index is 1330. The number of likely N-dealkylation sites (tertiary alicyclic amines) is 1. The minimum absolute atomic E-state index is 0.276. The minimum Gasteiger partial charge on any atom is -0.497 e. The summed E-state index contributed by atoms with van der Waals surface area (Å²) in [5.41, 5.74) is 3.72. The molecule has 2 aromatic carbocycles. The number of ether oxygens (including phenoxy) is 2. The molecule has 2 N–H and O–H groups in total. The van der Waals surface area contributed by atoms with E-state index < -0.39 is 16.1 Å². The minimum atomic E-state index is -3.52. The maximum Gasteiger partial charge on any atom is 0.211 e. The number of aromatic nitrogens is 1. The van der Waals surface area contributed by atoms with E-state index in [-0.39, 0.29) is 12.0 Å². The number of piperidine rings is 1. The van der Waals surface area contributed by atoms with Crippen LogP contribution in [0.15, 0.2) is 42.5 Å². The molecule has 8 nitrogen and oxygen atoms in total. The highest BCUT2D eigenvalue weighted by molar-refractivity contribution is 7.88. The van der Waals surface area contributed by atoms with Crippen LogP contribution >= 0.6 is 0 Å². The van der Waals surface area contributed by atoms with Gasteiger partial charge in [0.25, 0.3) is 0 Å². The van der Waals surface area contributed by atoms with Crippen molar-refractivity contribution in [1.29, 1.82) is 0 Å². The van der Waals surface area contributed by atoms with Gasteiger partial charge in [-0.3, -0.25) is 4.90 Å². The molecule has 9 heteroatoms. The van der Waals surface area contributed by atoms with E-state index in [0.717, 1.165) is 66.1 Å². The molecule has 188 valence electrons. The number of fused-ring (bicyclic) bond motifs is 4. The molecule has 35 heavy (non-hydrogen) atoms. The molecule has 1 fully saturated rings. The molecular weight excluding hydrogens is 466 g/mol. The lowest BCUT2D eigenvalue weighted by molar-refractivity contribution is 0.0935. The Balaban J connectivity index is 1.52. The third-order valence-electron chi connectivity index (χ3n) is 7.66. The third kappa shape index (κ3) is 4.31. The molecule has 3 heterocycles. The molecule has 5 rings (SSSR count). The van der Waals surface area contributed by atoms with Gasteiger partial charge in [0.15, 0.2) is 0 Å². The second kappa shape index (κ2) is 9.13. The molecule has 0 radical (unpaired) electrons. The molecule has 0 bridgehead atoms. The fourth-order valence-corrected chi connectivity index (χ4v) is 7.00. The van der Waals surface area contributed by atoms with E-state index in [1.54, 1.807) is 14.2 Å². The number of benzene rings is 2. The normalized spacial score (nSPS) is 20.7. The van der Waals surface area contributed by atoms with Crippen molar-refractivity contribution in [1.82, 2.24) is 14.2 Å². The molecule has 0 amide bonds. The van der Waals surface area contributed by atoms with Crippen LogP contribution in [0, 0.1) is 0 Å². The Labute approximate surface area is 206 Å². The molecule has 1 aromatic heterocycles. The van der Waals surface area contributed by atoms with Crippen LogP contribution in [0.25, 0.3) is 10.9 Å². The van der Waals surface area contributed by atoms with Crippen molar-refractivity contribution >= 4 is 20.9 Å². The summed E-state index contributed by atoms with van der Waals surface area (Å²) < 4.78 is 37.9. The number of H-pyrrole nitrogens is 1. The third-order valence-corrected chi connectivity index (χ3v) is 8.89. The van der Waals surface area contributed by atoms with Gasteiger partial charge in [-0.15, -0.1) is 0 Å². The number of hydrogen-bond donors (Lipinski definition) is 2. The van der Waals surface area contributed by atoms with Crippen LogP contribution in [-0.2, 0) is 22.0 Å². The molecule has 2 aliphatic rings. The van der Waals surface area contributed by atoms with Gasteiger partial charge in [0.2, 0.25) is 10.0 Å². The van der Waals surface area contributed by atoms with Gasteiger partial charge < -0.3 is 19.6 Å². The van der Waals surface area contributed by atoms with Crippen molar-refractivity contribution in [3.63, 3.8) is 0 Å². The molecule has 0 saturated carbocycles. The van der Waals surface area contributed by atoms with Gasteiger partial charge >= 0.3 is 0 Å². The molecule has 2 aliphatic heterocycles. The number of nitrogens with one attached hydrogen (secondary N) is 1. The monoisotopic (exact) mass is 499 g/mol. The predicted molar refractivity (Wildman–Crippen MR) is 135 cm³/mol. The molecule has 1 saturated heterocycles. The van der Waals surface area contributed by atoms with Crippen molar-refractivity contribution in [2.75, 3.05) is 46.7 Å². The van der Waals surface area contributed by atoms with E-state index in [2.05, 4.69) is 28.1 Å². The van der Waals surface area contributed by atoms with Gasteiger partial charge in [-0.05, 0) is 61.3 Å². The van der Waals surface area contributed by atoms with Crippen molar-refractivity contribution < 1.29 is 23.0 Å². The Morgan fingerprint density at radius 2 is 1.80 bits per heavy atom. The number of rotatable bonds is 6. The molecule has 3 aromatic rings. The van der Waals surface area contributed by atoms with Gasteiger partial charge in [0.1, 0.15) is 11.5 Å². The summed E-state index contributed by atoms with van der Waals surface area (Å²) in [7, 11) is -0.219. The van der Waals surface area contributed by atoms with Crippen LogP contribution in [0.1, 0.15) is 35.7 Å². The van der Waals surface area contributed by atoms with E-state index in [4.69, 9.17) is 9.47 Å². The van der Waals surface area contributed by atoms with Crippen molar-refractivity contribution in [2.45, 2.75) is 30.8 Å². The summed E-state index contributed by atoms with van der Waals surface area (Å²) in [6.07, 6.45) is 2.89. The van der Waals surface area contributed by atoms with Gasteiger partial charge in [-0.25, -0.2) is 8.42 Å². The SMILES string of the molecule is COc1cccc(CN2CCC3(CC2)CN(S(C)(=O)=O)[C@@H](CO)c2[nH]c4cc(OC)ccc4c23)c1. The smallest absolute Gasteiger partial charge is 0.211 e. The first-order chi connectivity index (χ1) is 16.8. The molecule has 1 spiro atoms. The summed E-state index contributed by atoms with van der Waals surface area (Å²) >= 11 is 0. The summed E-state index contributed by atoms with van der Waals surface area (Å²) in [4.78, 5) is 5.87. The van der Waals surface area contributed by atoms with Crippen LogP contribution < -0.4 is 9.47 Å². The average molecular weight is 500 g/mol. The number of aliphatic hydroxyl groups is 1. The average Bonchev–Trinajstić information content (AvgIpc) is 3.24. The highest BCUT2D eigenvalue weighted by Gasteiger charge is 2.49. The second-order valence-corrected chi connectivity index (χ2v) is 11.7. The van der Waals surface area contributed by atoms with Crippen LogP contribution in [0.3, 0.4) is 0 Å². The number of nitrogens with zero attached hydrogens (tertiary/aromatic N) is 2. The number of aliphatic hydroxyl groups excluding tert-OH is 1. The summed E-state index contributed by atoms with van der Waals surface area (Å²) in [5, 5.41) is 11.3. The van der Waals surface area contributed by atoms with Crippen molar-refractivity contribution in [2.24, 2.45) is 0 Å². The van der Waals surface area contributed by atoms with Crippen LogP contribution in [-0.4, -0.2) is 74.4 Å². The zero-order valence-electron chi connectivity index (χ0n) is 20.5. The fraction of sp³-hybridized carbons (Fsp3) is 0.462. The van der Waals surface area contributed by atoms with E-state index >= 15 is 0 Å². The molecule has 0 unspecified atom stereocenters. The van der Waals surface area contributed by atoms with Crippen molar-refractivity contribution in [3.05, 3.63) is 59.3 Å². The van der Waals surface area contributed by atoms with Crippen molar-refractivity contribution in [3.8, 4) is 11.5 Å². The van der Waals surface area contributed by atoms with Gasteiger partial charge in [-0.2, -0.15) is 4.31 Å². The van der Waals surface area contributed by atoms with Gasteiger partial charge in [0, 0.05) is 41.2 Å². The zero-order chi connectivity index (χ0) is 24.8. The van der Waals surface area contributed by atoms with Gasteiger partial charge in [0.05, 0.1) is 33.1 Å². The highest BCUT2D eigenvalue weighted by atomic mass is 32.2. The largest absolute Gasteiger partial charge is 0.497 e. The van der Waals surface area contributed by atoms with E-state index in [0.29, 0.717) is 6.54 Å². The summed E-state index contributed by atoms with van der Waals surface area (Å²) in [5.74, 6) is 1.58. The number of sulfonamides is 1. The molecular formula is C26H33N3O5S. The summed E-state index contributed by atoms with van der Waals surface area (Å²) in [6, 6.07) is 13.4. The van der Waals surface area contributed by atoms with Crippen LogP contribution in [0.2, 0.25) is 0 Å². The molecule has 0 aliphatic carbocycles. The first-order valence-electron chi connectivity index (χ1n) is 11.9. The predicted octanol–water partition coefficient (Wildman–Crippen LogP) is 3.03. The Morgan fingerprint density at radius 3 is 2.46 bits per heavy atom. The second-order valence-electron chi connectivity index (χ2n) is 9.74.